The van der Waals surface area contributed by atoms with Crippen molar-refractivity contribution >= 4 is 26.2 Å². The summed E-state index contributed by atoms with van der Waals surface area (Å²) in [6, 6.07) is 5.12. The molecule has 0 atom stereocenters. The second-order valence-electron chi connectivity index (χ2n) is 2.01. The molecule has 0 aromatic heterocycles. The molecule has 0 bridgehead atoms. The van der Waals surface area contributed by atoms with Gasteiger partial charge in [-0.1, -0.05) is 12.1 Å². The van der Waals surface area contributed by atoms with Gasteiger partial charge in [-0.25, -0.2) is 12.8 Å². The summed E-state index contributed by atoms with van der Waals surface area (Å²) in [6.07, 6.45) is 0. The molecule has 12 heavy (non-hydrogen) atoms. The van der Waals surface area contributed by atoms with E-state index >= 15 is 0 Å². The molecule has 0 saturated heterocycles. The van der Waals surface area contributed by atoms with Crippen molar-refractivity contribution in [2.75, 3.05) is 0 Å². The van der Waals surface area contributed by atoms with E-state index in [0.29, 0.717) is 0 Å². The van der Waals surface area contributed by atoms with Crippen LogP contribution in [-0.4, -0.2) is 8.42 Å². The first-order valence-corrected chi connectivity index (χ1v) is 5.22. The second-order valence-corrected chi connectivity index (χ2v) is 4.58. The topological polar surface area (TPSA) is 46.2 Å². The number of rotatable bonds is 2. The monoisotopic (exact) mass is 253 g/mol. The Morgan fingerprint density at radius 1 is 1.33 bits per heavy atom. The molecule has 0 unspecified atom stereocenters. The predicted molar refractivity (Wildman–Crippen MR) is 45.6 cm³/mol. The molecule has 1 rings (SSSR count). The molecule has 0 spiro atoms. The Morgan fingerprint density at radius 2 is 1.92 bits per heavy atom. The van der Waals surface area contributed by atoms with Crippen LogP contribution < -0.4 is 3.75 Å². The maximum atomic E-state index is 12.8. The van der Waals surface area contributed by atoms with Gasteiger partial charge in [-0.05, 0) is 12.1 Å². The molecule has 6 heteroatoms. The van der Waals surface area contributed by atoms with Crippen LogP contribution in [0.25, 0.3) is 0 Å². The van der Waals surface area contributed by atoms with Crippen molar-refractivity contribution < 1.29 is 12.8 Å². The van der Waals surface area contributed by atoms with Gasteiger partial charge in [0.05, 0.1) is 0 Å². The van der Waals surface area contributed by atoms with Crippen molar-refractivity contribution in [1.29, 1.82) is 0 Å². The SMILES string of the molecule is O=S(=O)(NBr)c1ccccc1F. The van der Waals surface area contributed by atoms with Crippen molar-refractivity contribution in [2.45, 2.75) is 4.90 Å². The lowest BCUT2D eigenvalue weighted by molar-refractivity contribution is 0.566. The van der Waals surface area contributed by atoms with Crippen LogP contribution >= 0.6 is 16.1 Å². The van der Waals surface area contributed by atoms with E-state index in [1.165, 1.54) is 18.2 Å². The van der Waals surface area contributed by atoms with Gasteiger partial charge in [0.1, 0.15) is 10.7 Å². The first kappa shape index (κ1) is 9.63. The average molecular weight is 254 g/mol. The van der Waals surface area contributed by atoms with E-state index in [1.54, 1.807) is 0 Å². The second kappa shape index (κ2) is 3.51. The summed E-state index contributed by atoms with van der Waals surface area (Å²) in [5.74, 6) is -0.774. The lowest BCUT2D eigenvalue weighted by atomic mass is 10.4. The molecule has 0 heterocycles. The Balaban J connectivity index is 3.30. The fourth-order valence-electron chi connectivity index (χ4n) is 0.704. The van der Waals surface area contributed by atoms with E-state index in [9.17, 15) is 12.8 Å². The summed E-state index contributed by atoms with van der Waals surface area (Å²) in [7, 11) is -3.74. The van der Waals surface area contributed by atoms with Gasteiger partial charge < -0.3 is 0 Å². The van der Waals surface area contributed by atoms with Crippen LogP contribution in [-0.2, 0) is 10.0 Å². The van der Waals surface area contributed by atoms with Crippen LogP contribution in [0.5, 0.6) is 0 Å². The third-order valence-corrected chi connectivity index (χ3v) is 3.62. The highest BCUT2D eigenvalue weighted by Crippen LogP contribution is 2.13. The molecule has 66 valence electrons. The predicted octanol–water partition coefficient (Wildman–Crippen LogP) is 1.41. The molecule has 0 aliphatic rings. The number of benzene rings is 1. The molecule has 0 aliphatic carbocycles. The maximum Gasteiger partial charge on any atom is 0.252 e. The average Bonchev–Trinajstić information content (AvgIpc) is 2.05. The van der Waals surface area contributed by atoms with Gasteiger partial charge >= 0.3 is 0 Å². The van der Waals surface area contributed by atoms with Gasteiger partial charge in [0.2, 0.25) is 0 Å². The Hall–Kier alpha value is -0.460. The highest BCUT2D eigenvalue weighted by atomic mass is 79.9. The van der Waals surface area contributed by atoms with Crippen LogP contribution in [0.1, 0.15) is 0 Å². The van der Waals surface area contributed by atoms with E-state index in [0.717, 1.165) is 6.07 Å². The summed E-state index contributed by atoms with van der Waals surface area (Å²) in [5.41, 5.74) is 0. The van der Waals surface area contributed by atoms with Gasteiger partial charge in [-0.15, -0.1) is 3.75 Å². The Kier molecular flexibility index (Phi) is 2.81. The smallest absolute Gasteiger partial charge is 0.206 e. The number of halogens is 2. The summed E-state index contributed by atoms with van der Waals surface area (Å²) >= 11 is 2.54. The number of nitrogens with one attached hydrogen (secondary N) is 1. The molecule has 0 aliphatic heterocycles. The third kappa shape index (κ3) is 1.82. The van der Waals surface area contributed by atoms with Gasteiger partial charge in [-0.2, -0.15) is 0 Å². The molecular weight excluding hydrogens is 249 g/mol. The number of sulfonamides is 1. The molecule has 3 nitrogen and oxygen atoms in total. The molecule has 1 N–H and O–H groups in total. The Labute approximate surface area is 78.0 Å². The largest absolute Gasteiger partial charge is 0.252 e. The quantitative estimate of drug-likeness (QED) is 0.811. The van der Waals surface area contributed by atoms with Gasteiger partial charge in [-0.3, -0.25) is 0 Å². The minimum absolute atomic E-state index is 0.373. The van der Waals surface area contributed by atoms with Gasteiger partial charge in [0, 0.05) is 16.1 Å². The Bertz CT molecular complexity index is 379. The lowest BCUT2D eigenvalue weighted by Crippen LogP contribution is -2.14. The first-order chi connectivity index (χ1) is 5.58. The fraction of sp³-hybridized carbons (Fsp3) is 0. The highest BCUT2D eigenvalue weighted by Gasteiger charge is 2.15. The van der Waals surface area contributed by atoms with Crippen molar-refractivity contribution in [2.24, 2.45) is 0 Å². The summed E-state index contributed by atoms with van der Waals surface area (Å²) < 4.78 is 36.7. The van der Waals surface area contributed by atoms with Crippen LogP contribution in [0.3, 0.4) is 0 Å². The van der Waals surface area contributed by atoms with E-state index in [-0.39, 0.29) is 4.90 Å². The molecular formula is C6H5BrFNO2S. The van der Waals surface area contributed by atoms with Crippen LogP contribution in [0.15, 0.2) is 29.2 Å². The first-order valence-electron chi connectivity index (χ1n) is 2.95. The zero-order valence-electron chi connectivity index (χ0n) is 5.79. The number of hydrogen-bond acceptors (Lipinski definition) is 2. The fourth-order valence-corrected chi connectivity index (χ4v) is 1.89. The van der Waals surface area contributed by atoms with E-state index in [1.807, 2.05) is 3.75 Å². The summed E-state index contributed by atoms with van der Waals surface area (Å²) in [4.78, 5) is -0.373. The van der Waals surface area contributed by atoms with Gasteiger partial charge in [0.15, 0.2) is 0 Å². The van der Waals surface area contributed by atoms with Crippen molar-refractivity contribution in [3.63, 3.8) is 0 Å². The highest BCUT2D eigenvalue weighted by molar-refractivity contribution is 9.09. The van der Waals surface area contributed by atoms with E-state index in [4.69, 9.17) is 0 Å². The van der Waals surface area contributed by atoms with Crippen molar-refractivity contribution in [3.8, 4) is 0 Å². The molecule has 0 amide bonds. The van der Waals surface area contributed by atoms with Crippen molar-refractivity contribution in [3.05, 3.63) is 30.1 Å². The number of hydrogen-bond donors (Lipinski definition) is 1. The van der Waals surface area contributed by atoms with E-state index < -0.39 is 15.8 Å². The maximum absolute atomic E-state index is 12.8. The van der Waals surface area contributed by atoms with Crippen LogP contribution in [0.2, 0.25) is 0 Å². The summed E-state index contributed by atoms with van der Waals surface area (Å²) in [6.45, 7) is 0. The molecule has 1 aromatic rings. The van der Waals surface area contributed by atoms with Crippen LogP contribution in [0.4, 0.5) is 4.39 Å². The minimum atomic E-state index is -3.74. The molecule has 0 saturated carbocycles. The Morgan fingerprint density at radius 3 is 2.42 bits per heavy atom. The third-order valence-electron chi connectivity index (χ3n) is 1.23. The molecule has 1 aromatic carbocycles. The standard InChI is InChI=1S/C6H5BrFNO2S/c7-9-12(10,11)6-4-2-1-3-5(6)8/h1-4,9H. The zero-order chi connectivity index (χ0) is 9.19. The lowest BCUT2D eigenvalue weighted by Gasteiger charge is -2.00. The van der Waals surface area contributed by atoms with E-state index in [2.05, 4.69) is 16.1 Å². The van der Waals surface area contributed by atoms with Crippen LogP contribution in [0, 0.1) is 5.82 Å². The molecule has 0 radical (unpaired) electrons. The van der Waals surface area contributed by atoms with Gasteiger partial charge in [0.25, 0.3) is 10.0 Å². The van der Waals surface area contributed by atoms with Crippen molar-refractivity contribution in [1.82, 2.24) is 3.75 Å². The zero-order valence-corrected chi connectivity index (χ0v) is 8.19. The normalized spacial score (nSPS) is 11.5. The minimum Gasteiger partial charge on any atom is -0.206 e. The molecule has 0 fully saturated rings. The summed E-state index contributed by atoms with van der Waals surface area (Å²) in [5, 5.41) is 0.